The van der Waals surface area contributed by atoms with Gasteiger partial charge in [0.05, 0.1) is 28.8 Å². The Labute approximate surface area is 133 Å². The van der Waals surface area contributed by atoms with Crippen LogP contribution in [0.5, 0.6) is 0 Å². The van der Waals surface area contributed by atoms with E-state index in [1.165, 1.54) is 0 Å². The summed E-state index contributed by atoms with van der Waals surface area (Å²) in [6.45, 7) is 6.80. The Bertz CT molecular complexity index is 521. The van der Waals surface area contributed by atoms with Crippen molar-refractivity contribution in [2.75, 3.05) is 13.2 Å². The Morgan fingerprint density at radius 1 is 1.05 bits per heavy atom. The van der Waals surface area contributed by atoms with Crippen molar-refractivity contribution in [3.05, 3.63) is 30.3 Å². The summed E-state index contributed by atoms with van der Waals surface area (Å²) in [6, 6.07) is 8.72. The summed E-state index contributed by atoms with van der Waals surface area (Å²) in [5, 5.41) is 0. The zero-order valence-corrected chi connectivity index (χ0v) is 14.1. The van der Waals surface area contributed by atoms with Gasteiger partial charge in [-0.25, -0.2) is 0 Å². The molecule has 0 aliphatic heterocycles. The van der Waals surface area contributed by atoms with Crippen molar-refractivity contribution in [2.24, 2.45) is 5.92 Å². The molecule has 1 atom stereocenters. The molecule has 0 aliphatic carbocycles. The zero-order chi connectivity index (χ0) is 16.8. The molecule has 1 aromatic carbocycles. The first-order valence-corrected chi connectivity index (χ1v) is 8.31. The van der Waals surface area contributed by atoms with Crippen LogP contribution >= 0.6 is 0 Å². The molecule has 5 nitrogen and oxygen atoms in total. The molecule has 0 aliphatic rings. The maximum atomic E-state index is 12.8. The van der Waals surface area contributed by atoms with Gasteiger partial charge in [-0.15, -0.1) is 0 Å². The summed E-state index contributed by atoms with van der Waals surface area (Å²) in [7, 11) is -1.57. The van der Waals surface area contributed by atoms with Crippen molar-refractivity contribution in [1.82, 2.24) is 0 Å². The average Bonchev–Trinajstić information content (AvgIpc) is 2.47. The van der Waals surface area contributed by atoms with Gasteiger partial charge in [-0.3, -0.25) is 13.8 Å². The molecule has 122 valence electrons. The Morgan fingerprint density at radius 2 is 1.50 bits per heavy atom. The minimum Gasteiger partial charge on any atom is -0.465 e. The minimum atomic E-state index is -1.57. The molecule has 0 heterocycles. The molecule has 0 saturated carbocycles. The van der Waals surface area contributed by atoms with Crippen LogP contribution in [0.3, 0.4) is 0 Å². The minimum absolute atomic E-state index is 0.142. The lowest BCUT2D eigenvalue weighted by Gasteiger charge is -2.30. The van der Waals surface area contributed by atoms with Crippen LogP contribution in [0.2, 0.25) is 0 Å². The maximum Gasteiger partial charge on any atom is 0.321 e. The molecule has 22 heavy (non-hydrogen) atoms. The third-order valence-corrected chi connectivity index (χ3v) is 5.07. The number of esters is 2. The van der Waals surface area contributed by atoms with E-state index >= 15 is 0 Å². The predicted octanol–water partition coefficient (Wildman–Crippen LogP) is 2.32. The molecule has 0 amide bonds. The van der Waals surface area contributed by atoms with Crippen molar-refractivity contribution < 1.29 is 23.3 Å². The van der Waals surface area contributed by atoms with Crippen LogP contribution in [0.4, 0.5) is 0 Å². The van der Waals surface area contributed by atoms with Crippen molar-refractivity contribution in [1.29, 1.82) is 0 Å². The summed E-state index contributed by atoms with van der Waals surface area (Å²) in [6.07, 6.45) is 0. The summed E-state index contributed by atoms with van der Waals surface area (Å²) < 4.78 is 21.6. The van der Waals surface area contributed by atoms with Crippen LogP contribution in [0.25, 0.3) is 0 Å². The predicted molar refractivity (Wildman–Crippen MR) is 83.7 cm³/mol. The van der Waals surface area contributed by atoms with Crippen molar-refractivity contribution in [3.8, 4) is 0 Å². The zero-order valence-electron chi connectivity index (χ0n) is 13.3. The van der Waals surface area contributed by atoms with E-state index in [2.05, 4.69) is 0 Å². The van der Waals surface area contributed by atoms with Crippen LogP contribution in [-0.2, 0) is 29.9 Å². The van der Waals surface area contributed by atoms with Crippen LogP contribution in [0, 0.1) is 5.92 Å². The van der Waals surface area contributed by atoms with E-state index in [4.69, 9.17) is 9.47 Å². The van der Waals surface area contributed by atoms with Gasteiger partial charge in [0.1, 0.15) is 0 Å². The maximum absolute atomic E-state index is 12.8. The lowest BCUT2D eigenvalue weighted by molar-refractivity contribution is -0.162. The Balaban J connectivity index is 3.17. The van der Waals surface area contributed by atoms with Gasteiger partial charge in [-0.2, -0.15) is 0 Å². The largest absolute Gasteiger partial charge is 0.465 e. The molecule has 0 saturated heterocycles. The second kappa shape index (κ2) is 8.08. The number of rotatable bonds is 7. The first-order chi connectivity index (χ1) is 10.4. The van der Waals surface area contributed by atoms with Gasteiger partial charge in [0.2, 0.25) is 0 Å². The van der Waals surface area contributed by atoms with E-state index in [1.54, 1.807) is 52.0 Å². The van der Waals surface area contributed by atoms with E-state index in [0.29, 0.717) is 4.90 Å². The molecule has 0 fully saturated rings. The van der Waals surface area contributed by atoms with Crippen LogP contribution < -0.4 is 0 Å². The Morgan fingerprint density at radius 3 is 1.91 bits per heavy atom. The van der Waals surface area contributed by atoms with Gasteiger partial charge in [-0.05, 0) is 39.8 Å². The van der Waals surface area contributed by atoms with Crippen LogP contribution in [0.1, 0.15) is 27.7 Å². The van der Waals surface area contributed by atoms with E-state index < -0.39 is 33.4 Å². The summed E-state index contributed by atoms with van der Waals surface area (Å²) in [5.41, 5.74) is 0. The number of carbonyl (C=O) groups excluding carboxylic acids is 2. The fraction of sp³-hybridized carbons (Fsp3) is 0.500. The molecule has 6 heteroatoms. The molecule has 1 unspecified atom stereocenters. The van der Waals surface area contributed by atoms with E-state index in [-0.39, 0.29) is 13.2 Å². The molecule has 0 N–H and O–H groups in total. The highest BCUT2D eigenvalue weighted by Gasteiger charge is 2.47. The summed E-state index contributed by atoms with van der Waals surface area (Å²) in [4.78, 5) is 24.9. The van der Waals surface area contributed by atoms with Gasteiger partial charge in [0.15, 0.2) is 5.92 Å². The normalized spacial score (nSPS) is 12.8. The number of benzene rings is 1. The number of hydrogen-bond donors (Lipinski definition) is 0. The third kappa shape index (κ3) is 4.16. The molecular formula is C16H22O5S. The summed E-state index contributed by atoms with van der Waals surface area (Å²) >= 11 is 0. The first-order valence-electron chi connectivity index (χ1n) is 7.16. The van der Waals surface area contributed by atoms with Crippen molar-refractivity contribution >= 4 is 22.7 Å². The monoisotopic (exact) mass is 326 g/mol. The third-order valence-electron chi connectivity index (χ3n) is 3.17. The molecule has 0 aromatic heterocycles. The van der Waals surface area contributed by atoms with Crippen LogP contribution in [-0.4, -0.2) is 34.1 Å². The number of hydrogen-bond acceptors (Lipinski definition) is 5. The molecule has 1 rings (SSSR count). The quantitative estimate of drug-likeness (QED) is 0.568. The van der Waals surface area contributed by atoms with Gasteiger partial charge >= 0.3 is 11.9 Å². The lowest BCUT2D eigenvalue weighted by Crippen LogP contribution is -2.47. The van der Waals surface area contributed by atoms with Crippen molar-refractivity contribution in [3.63, 3.8) is 0 Å². The fourth-order valence-electron chi connectivity index (χ4n) is 2.07. The van der Waals surface area contributed by atoms with E-state index in [1.807, 2.05) is 6.07 Å². The van der Waals surface area contributed by atoms with Crippen LogP contribution in [0.15, 0.2) is 35.2 Å². The molecule has 1 aromatic rings. The molecule has 0 radical (unpaired) electrons. The fourth-order valence-corrected chi connectivity index (χ4v) is 3.49. The second-order valence-corrected chi connectivity index (χ2v) is 7.18. The highest BCUT2D eigenvalue weighted by molar-refractivity contribution is 7.86. The lowest BCUT2D eigenvalue weighted by atomic mass is 9.95. The first kappa shape index (κ1) is 18.4. The topological polar surface area (TPSA) is 69.7 Å². The van der Waals surface area contributed by atoms with E-state index in [9.17, 15) is 13.8 Å². The average molecular weight is 326 g/mol. The van der Waals surface area contributed by atoms with Gasteiger partial charge in [0, 0.05) is 4.90 Å². The van der Waals surface area contributed by atoms with Crippen molar-refractivity contribution in [2.45, 2.75) is 37.3 Å². The van der Waals surface area contributed by atoms with Gasteiger partial charge in [0.25, 0.3) is 0 Å². The molecular weight excluding hydrogens is 304 g/mol. The Kier molecular flexibility index (Phi) is 6.74. The highest BCUT2D eigenvalue weighted by Crippen LogP contribution is 2.31. The number of ether oxygens (including phenoxy) is 2. The van der Waals surface area contributed by atoms with E-state index in [0.717, 1.165) is 0 Å². The molecule has 0 spiro atoms. The molecule has 0 bridgehead atoms. The standard InChI is InChI=1S/C16H22O5S/c1-5-20-14(17)13(15(18)21-6-2)16(3,4)22(19)12-10-8-7-9-11-12/h7-11,13H,5-6H2,1-4H3. The van der Waals surface area contributed by atoms with Gasteiger partial charge < -0.3 is 9.47 Å². The Hall–Kier alpha value is -1.69. The van der Waals surface area contributed by atoms with Gasteiger partial charge in [-0.1, -0.05) is 18.2 Å². The summed E-state index contributed by atoms with van der Waals surface area (Å²) in [5.74, 6) is -2.67. The SMILES string of the molecule is CCOC(=O)C(C(=O)OCC)C(C)(C)S(=O)c1ccccc1. The number of carbonyl (C=O) groups is 2. The highest BCUT2D eigenvalue weighted by atomic mass is 32.2. The second-order valence-electron chi connectivity index (χ2n) is 5.12. The smallest absolute Gasteiger partial charge is 0.321 e.